The van der Waals surface area contributed by atoms with Gasteiger partial charge in [-0.1, -0.05) is 6.92 Å². The Morgan fingerprint density at radius 1 is 1.45 bits per heavy atom. The maximum atomic E-state index is 11.0. The van der Waals surface area contributed by atoms with Crippen LogP contribution in [-0.4, -0.2) is 35.8 Å². The summed E-state index contributed by atoms with van der Waals surface area (Å²) in [5.74, 6) is 0.261. The van der Waals surface area contributed by atoms with Crippen molar-refractivity contribution >= 4 is 11.4 Å². The molecule has 112 valence electrons. The third kappa shape index (κ3) is 4.70. The second-order valence-electron chi connectivity index (χ2n) is 5.43. The van der Waals surface area contributed by atoms with E-state index in [9.17, 15) is 15.2 Å². The Balaban J connectivity index is 3.02. The number of hydrogen-bond donors (Lipinski definition) is 1. The number of likely N-dealkylation sites (N-methyl/N-ethyl adjacent to an activating group) is 1. The zero-order chi connectivity index (χ0) is 15.3. The summed E-state index contributed by atoms with van der Waals surface area (Å²) in [7, 11) is 1.82. The normalized spacial score (nSPS) is 11.2. The van der Waals surface area contributed by atoms with Crippen LogP contribution >= 0.6 is 0 Å². The van der Waals surface area contributed by atoms with Crippen molar-refractivity contribution in [3.05, 3.63) is 28.3 Å². The molecule has 1 aromatic rings. The zero-order valence-electron chi connectivity index (χ0n) is 12.4. The van der Waals surface area contributed by atoms with Crippen LogP contribution in [0.25, 0.3) is 0 Å². The summed E-state index contributed by atoms with van der Waals surface area (Å²) in [6.07, 6.45) is 0.779. The molecular weight excluding hydrogens is 260 g/mol. The van der Waals surface area contributed by atoms with Crippen molar-refractivity contribution in [3.8, 4) is 5.75 Å². The van der Waals surface area contributed by atoms with E-state index in [1.54, 1.807) is 26.0 Å². The Labute approximate surface area is 119 Å². The fourth-order valence-corrected chi connectivity index (χ4v) is 1.89. The monoisotopic (exact) mass is 282 g/mol. The Morgan fingerprint density at radius 2 is 2.10 bits per heavy atom. The number of ether oxygens (including phenoxy) is 1. The van der Waals surface area contributed by atoms with Gasteiger partial charge in [0, 0.05) is 31.4 Å². The highest BCUT2D eigenvalue weighted by molar-refractivity contribution is 5.59. The molecule has 0 aromatic heterocycles. The van der Waals surface area contributed by atoms with Crippen molar-refractivity contribution in [1.29, 1.82) is 0 Å². The molecule has 0 radical (unpaired) electrons. The first kappa shape index (κ1) is 16.2. The summed E-state index contributed by atoms with van der Waals surface area (Å²) in [5.41, 5.74) is -0.122. The van der Waals surface area contributed by atoms with E-state index in [1.807, 2.05) is 18.9 Å². The van der Waals surface area contributed by atoms with Crippen molar-refractivity contribution in [2.45, 2.75) is 32.8 Å². The molecule has 0 atom stereocenters. The Kier molecular flexibility index (Phi) is 5.33. The molecule has 0 saturated heterocycles. The van der Waals surface area contributed by atoms with Crippen molar-refractivity contribution in [2.75, 3.05) is 25.1 Å². The van der Waals surface area contributed by atoms with Crippen LogP contribution in [0.4, 0.5) is 11.4 Å². The lowest BCUT2D eigenvalue weighted by molar-refractivity contribution is -0.385. The predicted octanol–water partition coefficient (Wildman–Crippen LogP) is 2.59. The topological polar surface area (TPSA) is 75.8 Å². The van der Waals surface area contributed by atoms with Crippen LogP contribution in [0.1, 0.15) is 27.2 Å². The highest BCUT2D eigenvalue weighted by Gasteiger charge is 2.20. The Morgan fingerprint density at radius 3 is 2.60 bits per heavy atom. The molecule has 0 unspecified atom stereocenters. The van der Waals surface area contributed by atoms with E-state index in [0.717, 1.165) is 12.1 Å². The first-order valence-electron chi connectivity index (χ1n) is 6.59. The minimum absolute atomic E-state index is 0.0427. The van der Waals surface area contributed by atoms with Gasteiger partial charge in [0.25, 0.3) is 0 Å². The van der Waals surface area contributed by atoms with Gasteiger partial charge >= 0.3 is 5.69 Å². The number of hydrogen-bond acceptors (Lipinski definition) is 5. The average Bonchev–Trinajstić information content (AvgIpc) is 2.33. The van der Waals surface area contributed by atoms with Crippen molar-refractivity contribution in [3.63, 3.8) is 0 Å². The van der Waals surface area contributed by atoms with Crippen LogP contribution < -0.4 is 9.64 Å². The molecular formula is C14H22N2O4. The van der Waals surface area contributed by atoms with Gasteiger partial charge in [0.2, 0.25) is 0 Å². The van der Waals surface area contributed by atoms with Gasteiger partial charge in [-0.2, -0.15) is 0 Å². The maximum absolute atomic E-state index is 11.0. The lowest BCUT2D eigenvalue weighted by Gasteiger charge is -2.27. The van der Waals surface area contributed by atoms with E-state index in [0.29, 0.717) is 13.2 Å². The van der Waals surface area contributed by atoms with E-state index in [-0.39, 0.29) is 11.4 Å². The molecule has 0 aliphatic carbocycles. The van der Waals surface area contributed by atoms with Crippen LogP contribution in [0.2, 0.25) is 0 Å². The number of nitro groups is 1. The van der Waals surface area contributed by atoms with Gasteiger partial charge < -0.3 is 14.7 Å². The number of benzene rings is 1. The van der Waals surface area contributed by atoms with Crippen LogP contribution in [-0.2, 0) is 0 Å². The van der Waals surface area contributed by atoms with Crippen LogP contribution in [0.15, 0.2) is 18.2 Å². The average molecular weight is 282 g/mol. The molecule has 0 aliphatic heterocycles. The van der Waals surface area contributed by atoms with E-state index >= 15 is 0 Å². The number of anilines is 1. The van der Waals surface area contributed by atoms with E-state index in [2.05, 4.69) is 0 Å². The molecule has 0 fully saturated rings. The number of aliphatic hydroxyl groups is 1. The summed E-state index contributed by atoms with van der Waals surface area (Å²) in [4.78, 5) is 12.3. The largest absolute Gasteiger partial charge is 0.487 e. The minimum Gasteiger partial charge on any atom is -0.487 e. The summed E-state index contributed by atoms with van der Waals surface area (Å²) in [5, 5.41) is 20.8. The summed E-state index contributed by atoms with van der Waals surface area (Å²) < 4.78 is 5.44. The molecule has 0 bridgehead atoms. The Hall–Kier alpha value is -1.82. The first-order valence-corrected chi connectivity index (χ1v) is 6.59. The fraction of sp³-hybridized carbons (Fsp3) is 0.571. The lowest BCUT2D eigenvalue weighted by Crippen LogP contribution is -2.36. The molecule has 0 saturated carbocycles. The zero-order valence-corrected chi connectivity index (χ0v) is 12.4. The van der Waals surface area contributed by atoms with Gasteiger partial charge in [0.15, 0.2) is 5.75 Å². The fourth-order valence-electron chi connectivity index (χ4n) is 1.89. The third-order valence-electron chi connectivity index (χ3n) is 2.67. The van der Waals surface area contributed by atoms with Gasteiger partial charge in [0.05, 0.1) is 17.1 Å². The van der Waals surface area contributed by atoms with Gasteiger partial charge in [-0.25, -0.2) is 0 Å². The van der Waals surface area contributed by atoms with Crippen molar-refractivity contribution in [1.82, 2.24) is 0 Å². The second kappa shape index (κ2) is 6.56. The van der Waals surface area contributed by atoms with E-state index < -0.39 is 10.5 Å². The standard InChI is InChI=1S/C14H22N2O4/c1-5-8-20-13-9-11(6-7-12(13)16(18)19)15(4)10-14(2,3)17/h6-7,9,17H,5,8,10H2,1-4H3. The number of nitrogens with zero attached hydrogens (tertiary/aromatic N) is 2. The van der Waals surface area contributed by atoms with Gasteiger partial charge in [-0.05, 0) is 26.3 Å². The van der Waals surface area contributed by atoms with Gasteiger partial charge in [-0.15, -0.1) is 0 Å². The highest BCUT2D eigenvalue weighted by atomic mass is 16.6. The molecule has 0 spiro atoms. The molecule has 1 aromatic carbocycles. The molecule has 0 amide bonds. The lowest BCUT2D eigenvalue weighted by atomic mass is 10.1. The summed E-state index contributed by atoms with van der Waals surface area (Å²) in [6.45, 7) is 6.21. The minimum atomic E-state index is -0.846. The smallest absolute Gasteiger partial charge is 0.311 e. The molecule has 6 nitrogen and oxygen atoms in total. The third-order valence-corrected chi connectivity index (χ3v) is 2.67. The molecule has 0 heterocycles. The molecule has 1 N–H and O–H groups in total. The summed E-state index contributed by atoms with van der Waals surface area (Å²) in [6, 6.07) is 4.73. The maximum Gasteiger partial charge on any atom is 0.311 e. The second-order valence-corrected chi connectivity index (χ2v) is 5.43. The van der Waals surface area contributed by atoms with E-state index in [4.69, 9.17) is 4.74 Å². The highest BCUT2D eigenvalue weighted by Crippen LogP contribution is 2.31. The van der Waals surface area contributed by atoms with Gasteiger partial charge in [0.1, 0.15) is 0 Å². The number of rotatable bonds is 7. The molecule has 1 rings (SSSR count). The van der Waals surface area contributed by atoms with Crippen LogP contribution in [0, 0.1) is 10.1 Å². The van der Waals surface area contributed by atoms with Crippen molar-refractivity contribution < 1.29 is 14.8 Å². The van der Waals surface area contributed by atoms with Crippen LogP contribution in [0.3, 0.4) is 0 Å². The molecule has 20 heavy (non-hydrogen) atoms. The van der Waals surface area contributed by atoms with E-state index in [1.165, 1.54) is 6.07 Å². The molecule has 6 heteroatoms. The SMILES string of the molecule is CCCOc1cc(N(C)CC(C)(C)O)ccc1[N+](=O)[O-]. The Bertz CT molecular complexity index is 469. The van der Waals surface area contributed by atoms with Crippen LogP contribution in [0.5, 0.6) is 5.75 Å². The van der Waals surface area contributed by atoms with Gasteiger partial charge in [-0.3, -0.25) is 10.1 Å². The summed E-state index contributed by atoms with van der Waals surface area (Å²) >= 11 is 0. The number of nitro benzene ring substituents is 1. The van der Waals surface area contributed by atoms with Crippen molar-refractivity contribution in [2.24, 2.45) is 0 Å². The molecule has 0 aliphatic rings. The quantitative estimate of drug-likeness (QED) is 0.614. The predicted molar refractivity (Wildman–Crippen MR) is 78.5 cm³/mol. The first-order chi connectivity index (χ1) is 9.24.